The Labute approximate surface area is 120 Å². The van der Waals surface area contributed by atoms with Crippen LogP contribution in [0.3, 0.4) is 0 Å². The highest BCUT2D eigenvalue weighted by molar-refractivity contribution is 6.06. The van der Waals surface area contributed by atoms with Crippen LogP contribution >= 0.6 is 0 Å². The van der Waals surface area contributed by atoms with Gasteiger partial charge in [0.25, 0.3) is 5.91 Å². The van der Waals surface area contributed by atoms with E-state index < -0.39 is 0 Å². The average Bonchev–Trinajstić information content (AvgIpc) is 2.47. The van der Waals surface area contributed by atoms with E-state index in [4.69, 9.17) is 0 Å². The topological polar surface area (TPSA) is 54.9 Å². The van der Waals surface area contributed by atoms with Crippen LogP contribution in [0.2, 0.25) is 0 Å². The molecule has 0 aliphatic heterocycles. The molecule has 0 radical (unpaired) electrons. The predicted molar refractivity (Wildman–Crippen MR) is 78.6 cm³/mol. The molecule has 0 aliphatic carbocycles. The molecule has 4 nitrogen and oxygen atoms in total. The van der Waals surface area contributed by atoms with Crippen LogP contribution in [0, 0.1) is 12.7 Å². The Bertz CT molecular complexity index is 818. The van der Waals surface area contributed by atoms with Crippen molar-refractivity contribution in [3.05, 3.63) is 65.7 Å². The van der Waals surface area contributed by atoms with Gasteiger partial charge in [-0.15, -0.1) is 0 Å². The van der Waals surface area contributed by atoms with E-state index in [1.54, 1.807) is 43.5 Å². The first-order chi connectivity index (χ1) is 10.1. The molecule has 0 aliphatic rings. The van der Waals surface area contributed by atoms with E-state index >= 15 is 0 Å². The third kappa shape index (κ3) is 2.72. The highest BCUT2D eigenvalue weighted by atomic mass is 19.1. The van der Waals surface area contributed by atoms with Gasteiger partial charge in [-0.3, -0.25) is 9.78 Å². The van der Waals surface area contributed by atoms with Crippen molar-refractivity contribution in [2.24, 2.45) is 0 Å². The van der Waals surface area contributed by atoms with Crippen LogP contribution in [0.25, 0.3) is 10.9 Å². The molecule has 1 N–H and O–H groups in total. The fourth-order valence-electron chi connectivity index (χ4n) is 2.09. The zero-order valence-corrected chi connectivity index (χ0v) is 11.3. The second-order valence-electron chi connectivity index (χ2n) is 4.63. The molecule has 2 heterocycles. The summed E-state index contributed by atoms with van der Waals surface area (Å²) < 4.78 is 13.2. The Balaban J connectivity index is 1.98. The number of nitrogens with one attached hydrogen (secondary N) is 1. The lowest BCUT2D eigenvalue weighted by molar-refractivity contribution is 0.102. The summed E-state index contributed by atoms with van der Waals surface area (Å²) in [6.45, 7) is 1.72. The third-order valence-electron chi connectivity index (χ3n) is 3.12. The number of nitrogens with zero attached hydrogens (tertiary/aromatic N) is 2. The van der Waals surface area contributed by atoms with Crippen LogP contribution in [-0.2, 0) is 0 Å². The van der Waals surface area contributed by atoms with Crippen LogP contribution in [0.4, 0.5) is 10.2 Å². The molecule has 1 amide bonds. The van der Waals surface area contributed by atoms with Crippen molar-refractivity contribution in [1.82, 2.24) is 9.97 Å². The van der Waals surface area contributed by atoms with E-state index in [0.29, 0.717) is 28.0 Å². The summed E-state index contributed by atoms with van der Waals surface area (Å²) >= 11 is 0. The van der Waals surface area contributed by atoms with Crippen LogP contribution in [0.15, 0.2) is 48.7 Å². The first kappa shape index (κ1) is 13.2. The summed E-state index contributed by atoms with van der Waals surface area (Å²) in [4.78, 5) is 20.6. The molecule has 1 aromatic carbocycles. The first-order valence-corrected chi connectivity index (χ1v) is 6.43. The molecule has 0 bridgehead atoms. The summed E-state index contributed by atoms with van der Waals surface area (Å²) in [5, 5.41) is 3.43. The van der Waals surface area contributed by atoms with Gasteiger partial charge in [0.05, 0.1) is 16.8 Å². The van der Waals surface area contributed by atoms with Gasteiger partial charge in [-0.2, -0.15) is 0 Å². The van der Waals surface area contributed by atoms with Crippen LogP contribution in [0.5, 0.6) is 0 Å². The minimum Gasteiger partial charge on any atom is -0.307 e. The van der Waals surface area contributed by atoms with Crippen molar-refractivity contribution in [2.75, 3.05) is 5.32 Å². The number of carbonyl (C=O) groups is 1. The Morgan fingerprint density at radius 3 is 2.81 bits per heavy atom. The number of hydrogen-bond donors (Lipinski definition) is 1. The third-order valence-corrected chi connectivity index (χ3v) is 3.12. The van der Waals surface area contributed by atoms with Crippen LogP contribution in [0.1, 0.15) is 16.1 Å². The number of anilines is 1. The van der Waals surface area contributed by atoms with Gasteiger partial charge in [-0.05, 0) is 37.3 Å². The Kier molecular flexibility index (Phi) is 3.31. The maximum absolute atomic E-state index is 13.2. The Morgan fingerprint density at radius 2 is 2.05 bits per heavy atom. The van der Waals surface area contributed by atoms with E-state index in [1.807, 2.05) is 0 Å². The van der Waals surface area contributed by atoms with Crippen molar-refractivity contribution in [2.45, 2.75) is 6.92 Å². The van der Waals surface area contributed by atoms with E-state index in [9.17, 15) is 9.18 Å². The van der Waals surface area contributed by atoms with Gasteiger partial charge in [0, 0.05) is 17.6 Å². The summed E-state index contributed by atoms with van der Waals surface area (Å²) in [6.07, 6.45) is 1.60. The van der Waals surface area contributed by atoms with E-state index in [0.717, 1.165) is 0 Å². The SMILES string of the molecule is Cc1nc2cc(F)ccc2cc1C(=O)Nc1ccccn1. The molecule has 0 saturated carbocycles. The summed E-state index contributed by atoms with van der Waals surface area (Å²) in [7, 11) is 0. The molecule has 0 fully saturated rings. The number of halogens is 1. The maximum atomic E-state index is 13.2. The largest absolute Gasteiger partial charge is 0.307 e. The number of rotatable bonds is 2. The number of benzene rings is 1. The van der Waals surface area contributed by atoms with Crippen molar-refractivity contribution in [3.8, 4) is 0 Å². The number of aryl methyl sites for hydroxylation is 1. The zero-order valence-electron chi connectivity index (χ0n) is 11.3. The molecule has 21 heavy (non-hydrogen) atoms. The Morgan fingerprint density at radius 1 is 1.19 bits per heavy atom. The monoisotopic (exact) mass is 281 g/mol. The highest BCUT2D eigenvalue weighted by Crippen LogP contribution is 2.18. The number of amides is 1. The molecule has 0 spiro atoms. The molecule has 5 heteroatoms. The fourth-order valence-corrected chi connectivity index (χ4v) is 2.09. The second-order valence-corrected chi connectivity index (χ2v) is 4.63. The normalized spacial score (nSPS) is 10.6. The molecule has 0 atom stereocenters. The van der Waals surface area contributed by atoms with Crippen molar-refractivity contribution >= 4 is 22.6 Å². The quantitative estimate of drug-likeness (QED) is 0.784. The van der Waals surface area contributed by atoms with Crippen molar-refractivity contribution in [1.29, 1.82) is 0 Å². The maximum Gasteiger partial charge on any atom is 0.258 e. The summed E-state index contributed by atoms with van der Waals surface area (Å²) in [5.41, 5.74) is 1.52. The standard InChI is InChI=1S/C16H12FN3O/c1-10-13(16(21)20-15-4-2-3-7-18-15)8-11-5-6-12(17)9-14(11)19-10/h2-9H,1H3,(H,18,20,21). The molecule has 0 unspecified atom stereocenters. The number of aromatic nitrogens is 2. The molecule has 104 valence electrons. The fraction of sp³-hybridized carbons (Fsp3) is 0.0625. The number of pyridine rings is 2. The van der Waals surface area contributed by atoms with Gasteiger partial charge in [0.1, 0.15) is 11.6 Å². The smallest absolute Gasteiger partial charge is 0.258 e. The van der Waals surface area contributed by atoms with E-state index in [2.05, 4.69) is 15.3 Å². The summed E-state index contributed by atoms with van der Waals surface area (Å²) in [5.74, 6) is -0.161. The second kappa shape index (κ2) is 5.28. The van der Waals surface area contributed by atoms with Gasteiger partial charge in [0.2, 0.25) is 0 Å². The van der Waals surface area contributed by atoms with Gasteiger partial charge < -0.3 is 5.32 Å². The minimum absolute atomic E-state index is 0.287. The molecule has 0 saturated heterocycles. The lowest BCUT2D eigenvalue weighted by atomic mass is 10.1. The van der Waals surface area contributed by atoms with Gasteiger partial charge in [-0.1, -0.05) is 6.07 Å². The van der Waals surface area contributed by atoms with Crippen LogP contribution < -0.4 is 5.32 Å². The minimum atomic E-state index is -0.347. The molecule has 3 aromatic rings. The highest BCUT2D eigenvalue weighted by Gasteiger charge is 2.12. The number of carbonyl (C=O) groups excluding carboxylic acids is 1. The molecule has 2 aromatic heterocycles. The number of fused-ring (bicyclic) bond motifs is 1. The van der Waals surface area contributed by atoms with Crippen molar-refractivity contribution < 1.29 is 9.18 Å². The molecular formula is C16H12FN3O. The van der Waals surface area contributed by atoms with E-state index in [-0.39, 0.29) is 11.7 Å². The van der Waals surface area contributed by atoms with Gasteiger partial charge >= 0.3 is 0 Å². The first-order valence-electron chi connectivity index (χ1n) is 6.43. The van der Waals surface area contributed by atoms with Gasteiger partial charge in [0.15, 0.2) is 0 Å². The predicted octanol–water partition coefficient (Wildman–Crippen LogP) is 3.33. The van der Waals surface area contributed by atoms with Crippen molar-refractivity contribution in [3.63, 3.8) is 0 Å². The zero-order chi connectivity index (χ0) is 14.8. The average molecular weight is 281 g/mol. The molecular weight excluding hydrogens is 269 g/mol. The van der Waals surface area contributed by atoms with Crippen LogP contribution in [-0.4, -0.2) is 15.9 Å². The lowest BCUT2D eigenvalue weighted by Gasteiger charge is -2.08. The molecule has 3 rings (SSSR count). The lowest BCUT2D eigenvalue weighted by Crippen LogP contribution is -2.15. The Hall–Kier alpha value is -2.82. The summed E-state index contributed by atoms with van der Waals surface area (Å²) in [6, 6.07) is 11.3. The number of hydrogen-bond acceptors (Lipinski definition) is 3. The van der Waals surface area contributed by atoms with Gasteiger partial charge in [-0.25, -0.2) is 9.37 Å². The van der Waals surface area contributed by atoms with E-state index in [1.165, 1.54) is 12.1 Å².